The Labute approximate surface area is 103 Å². The minimum Gasteiger partial charge on any atom is -0.463 e. The van der Waals surface area contributed by atoms with Gasteiger partial charge in [0.2, 0.25) is 0 Å². The molecule has 0 aliphatic rings. The van der Waals surface area contributed by atoms with Crippen molar-refractivity contribution in [2.75, 3.05) is 7.11 Å². The van der Waals surface area contributed by atoms with Crippen molar-refractivity contribution >= 4 is 27.3 Å². The van der Waals surface area contributed by atoms with E-state index in [4.69, 9.17) is 15.0 Å². The third kappa shape index (κ3) is 3.22. The number of hydrogen-bond donors (Lipinski definition) is 2. The highest BCUT2D eigenvalue weighted by Gasteiger charge is 2.25. The Morgan fingerprint density at radius 3 is 2.76 bits per heavy atom. The second-order valence-electron chi connectivity index (χ2n) is 3.64. The van der Waals surface area contributed by atoms with Crippen molar-refractivity contribution in [2.45, 2.75) is 23.7 Å². The molecule has 0 fully saturated rings. The van der Waals surface area contributed by atoms with E-state index >= 15 is 0 Å². The Morgan fingerprint density at radius 1 is 1.71 bits per heavy atom. The van der Waals surface area contributed by atoms with E-state index in [-0.39, 0.29) is 4.21 Å². The number of aromatic nitrogens is 1. The van der Waals surface area contributed by atoms with Crippen LogP contribution in [0.1, 0.15) is 18.9 Å². The zero-order chi connectivity index (χ0) is 13.3. The molecule has 1 heterocycles. The average molecular weight is 279 g/mol. The maximum absolute atomic E-state index is 11.8. The van der Waals surface area contributed by atoms with Crippen LogP contribution < -0.4 is 5.14 Å². The van der Waals surface area contributed by atoms with Gasteiger partial charge < -0.3 is 9.84 Å². The van der Waals surface area contributed by atoms with Gasteiger partial charge in [-0.3, -0.25) is 0 Å². The number of carbonyl (C=O) groups is 1. The van der Waals surface area contributed by atoms with Crippen LogP contribution in [0.25, 0.3) is 0 Å². The molecule has 1 rings (SSSR count). The normalized spacial score (nSPS) is 15.3. The largest absolute Gasteiger partial charge is 0.463 e. The molecule has 0 aromatic carbocycles. The zero-order valence-electron chi connectivity index (χ0n) is 9.54. The van der Waals surface area contributed by atoms with Crippen LogP contribution in [0.5, 0.6) is 0 Å². The lowest BCUT2D eigenvalue weighted by Crippen LogP contribution is -2.18. The quantitative estimate of drug-likeness (QED) is 0.867. The molecule has 17 heavy (non-hydrogen) atoms. The summed E-state index contributed by atoms with van der Waals surface area (Å²) in [4.78, 5) is 14.4. The molecule has 0 spiro atoms. The number of hydrogen-bond acceptors (Lipinski definition) is 5. The molecule has 0 bridgehead atoms. The molecule has 0 radical (unpaired) electrons. The third-order valence-electron chi connectivity index (χ3n) is 2.01. The van der Waals surface area contributed by atoms with E-state index in [0.29, 0.717) is 5.01 Å². The van der Waals surface area contributed by atoms with Crippen molar-refractivity contribution in [1.29, 1.82) is 0 Å². The highest BCUT2D eigenvalue weighted by atomic mass is 32.2. The second-order valence-corrected chi connectivity index (χ2v) is 6.69. The van der Waals surface area contributed by atoms with Gasteiger partial charge in [0, 0.05) is 7.11 Å². The molecule has 1 aromatic heterocycles. The fraction of sp³-hybridized carbons (Fsp3) is 0.500. The number of methoxy groups -OCH3 is 1. The van der Waals surface area contributed by atoms with E-state index < -0.39 is 21.6 Å². The lowest BCUT2D eigenvalue weighted by atomic mass is 10.1. The van der Waals surface area contributed by atoms with Crippen LogP contribution in [0.2, 0.25) is 0 Å². The Balaban J connectivity index is 3.21. The predicted molar refractivity (Wildman–Crippen MR) is 63.2 cm³/mol. The molecule has 0 aliphatic heterocycles. The van der Waals surface area contributed by atoms with E-state index in [9.17, 15) is 9.00 Å². The lowest BCUT2D eigenvalue weighted by molar-refractivity contribution is 0.0190. The summed E-state index contributed by atoms with van der Waals surface area (Å²) in [5.74, 6) is 0. The number of rotatable bonds is 3. The first kappa shape index (κ1) is 14.0. The number of thiazole rings is 1. The van der Waals surface area contributed by atoms with Gasteiger partial charge in [-0.1, -0.05) is 0 Å². The summed E-state index contributed by atoms with van der Waals surface area (Å²) in [5, 5.41) is 14.4. The summed E-state index contributed by atoms with van der Waals surface area (Å²) in [6.07, 6.45) is -0.311. The summed E-state index contributed by atoms with van der Waals surface area (Å²) in [6.45, 7) is 3.56. The van der Waals surface area contributed by atoms with Gasteiger partial charge >= 0.3 is 6.09 Å². The van der Waals surface area contributed by atoms with Crippen LogP contribution in [0.15, 0.2) is 14.8 Å². The van der Waals surface area contributed by atoms with Gasteiger partial charge in [0.05, 0.1) is 6.20 Å². The molecular weight excluding hydrogens is 266 g/mol. The molecule has 1 aromatic rings. The maximum Gasteiger partial charge on any atom is 0.440 e. The SMILES string of the molecule is COC(C)(C)c1ncc(S(N)(=O)=NC(=O)O)s1. The summed E-state index contributed by atoms with van der Waals surface area (Å²) in [5.41, 5.74) is -0.651. The van der Waals surface area contributed by atoms with E-state index in [2.05, 4.69) is 9.35 Å². The molecule has 3 N–H and O–H groups in total. The molecule has 96 valence electrons. The molecule has 7 nitrogen and oxygen atoms in total. The van der Waals surface area contributed by atoms with Gasteiger partial charge in [-0.05, 0) is 13.8 Å². The number of carboxylic acid groups (broad SMARTS) is 1. The third-order valence-corrected chi connectivity index (χ3v) is 5.18. The molecular formula is C8H13N3O4S2. The van der Waals surface area contributed by atoms with Crippen molar-refractivity contribution < 1.29 is 18.8 Å². The van der Waals surface area contributed by atoms with Crippen molar-refractivity contribution in [1.82, 2.24) is 4.98 Å². The van der Waals surface area contributed by atoms with Gasteiger partial charge in [-0.25, -0.2) is 19.1 Å². The number of nitrogens with zero attached hydrogens (tertiary/aromatic N) is 2. The Kier molecular flexibility index (Phi) is 3.87. The molecule has 0 saturated carbocycles. The van der Waals surface area contributed by atoms with E-state index in [0.717, 1.165) is 11.3 Å². The van der Waals surface area contributed by atoms with E-state index in [1.165, 1.54) is 13.3 Å². The molecule has 1 amide bonds. The second kappa shape index (κ2) is 4.69. The van der Waals surface area contributed by atoms with Gasteiger partial charge in [-0.2, -0.15) is 0 Å². The molecule has 1 unspecified atom stereocenters. The van der Waals surface area contributed by atoms with Crippen LogP contribution in [-0.4, -0.2) is 27.5 Å². The summed E-state index contributed by atoms with van der Waals surface area (Å²) < 4.78 is 20.0. The first-order valence-electron chi connectivity index (χ1n) is 4.48. The minimum absolute atomic E-state index is 0.111. The molecule has 9 heteroatoms. The Morgan fingerprint density at radius 2 is 2.29 bits per heavy atom. The topological polar surface area (TPSA) is 115 Å². The van der Waals surface area contributed by atoms with Gasteiger partial charge in [0.15, 0.2) is 9.92 Å². The van der Waals surface area contributed by atoms with E-state index in [1.54, 1.807) is 13.8 Å². The Hall–Kier alpha value is -1.03. The van der Waals surface area contributed by atoms with Crippen LogP contribution in [0.3, 0.4) is 0 Å². The number of nitrogens with two attached hydrogens (primary N) is 1. The van der Waals surface area contributed by atoms with E-state index in [1.807, 2.05) is 0 Å². The highest BCUT2D eigenvalue weighted by Crippen LogP contribution is 2.30. The summed E-state index contributed by atoms with van der Waals surface area (Å²) in [6, 6.07) is 0. The summed E-state index contributed by atoms with van der Waals surface area (Å²) in [7, 11) is -1.91. The fourth-order valence-corrected chi connectivity index (χ4v) is 3.00. The monoisotopic (exact) mass is 279 g/mol. The van der Waals surface area contributed by atoms with Crippen molar-refractivity contribution in [2.24, 2.45) is 9.50 Å². The van der Waals surface area contributed by atoms with Gasteiger partial charge in [0.25, 0.3) is 0 Å². The first-order valence-corrected chi connectivity index (χ1v) is 6.88. The molecule has 0 saturated heterocycles. The molecule has 0 aliphatic carbocycles. The average Bonchev–Trinajstić information content (AvgIpc) is 2.65. The van der Waals surface area contributed by atoms with Crippen LogP contribution in [-0.2, 0) is 20.3 Å². The van der Waals surface area contributed by atoms with Crippen LogP contribution in [0.4, 0.5) is 4.79 Å². The van der Waals surface area contributed by atoms with Gasteiger partial charge in [-0.15, -0.1) is 15.7 Å². The predicted octanol–water partition coefficient (Wildman–Crippen LogP) is 1.40. The van der Waals surface area contributed by atoms with Gasteiger partial charge in [0.1, 0.15) is 14.8 Å². The van der Waals surface area contributed by atoms with Crippen molar-refractivity contribution in [3.8, 4) is 0 Å². The van der Waals surface area contributed by atoms with Crippen molar-refractivity contribution in [3.63, 3.8) is 0 Å². The van der Waals surface area contributed by atoms with Crippen molar-refractivity contribution in [3.05, 3.63) is 11.2 Å². The zero-order valence-corrected chi connectivity index (χ0v) is 11.2. The minimum atomic E-state index is -3.43. The highest BCUT2D eigenvalue weighted by molar-refractivity contribution is 7.93. The molecule has 1 atom stereocenters. The number of ether oxygens (including phenoxy) is 1. The Bertz CT molecular complexity index is 543. The van der Waals surface area contributed by atoms with Crippen LogP contribution in [0, 0.1) is 0 Å². The smallest absolute Gasteiger partial charge is 0.440 e. The number of amides is 1. The first-order chi connectivity index (χ1) is 7.69. The van der Waals surface area contributed by atoms with Crippen LogP contribution >= 0.6 is 11.3 Å². The lowest BCUT2D eigenvalue weighted by Gasteiger charge is -2.19. The fourth-order valence-electron chi connectivity index (χ4n) is 0.921. The maximum atomic E-state index is 11.8. The summed E-state index contributed by atoms with van der Waals surface area (Å²) >= 11 is 1.02. The standard InChI is InChI=1S/C8H13N3O4S2/c1-8(2,15-3)6-10-4-5(16-6)17(9,14)11-7(12)13/h4H,1-3H3,(H,12,13)(H2,9,11,14).